The van der Waals surface area contributed by atoms with Gasteiger partial charge < -0.3 is 15.5 Å². The summed E-state index contributed by atoms with van der Waals surface area (Å²) in [5.41, 5.74) is 0. The Labute approximate surface area is 79.0 Å². The summed E-state index contributed by atoms with van der Waals surface area (Å²) in [6.45, 7) is 5.33. The first-order valence-electron chi connectivity index (χ1n) is 4.55. The van der Waals surface area contributed by atoms with Gasteiger partial charge >= 0.3 is 0 Å². The Hall–Kier alpha value is -0.610. The fourth-order valence-electron chi connectivity index (χ4n) is 0.957. The molecule has 0 saturated heterocycles. The lowest BCUT2D eigenvalue weighted by Gasteiger charge is -2.20. The summed E-state index contributed by atoms with van der Waals surface area (Å²) in [6.07, 6.45) is -0.546. The highest BCUT2D eigenvalue weighted by Crippen LogP contribution is 2.01. The SMILES string of the molecule is CC(O)CC(=O)NC(CO)C(C)C. The van der Waals surface area contributed by atoms with Crippen LogP contribution in [-0.2, 0) is 4.79 Å². The highest BCUT2D eigenvalue weighted by molar-refractivity contribution is 5.76. The third kappa shape index (κ3) is 5.60. The van der Waals surface area contributed by atoms with Crippen LogP contribution in [0.1, 0.15) is 27.2 Å². The van der Waals surface area contributed by atoms with Crippen molar-refractivity contribution in [1.82, 2.24) is 5.32 Å². The minimum Gasteiger partial charge on any atom is -0.394 e. The third-order valence-corrected chi connectivity index (χ3v) is 1.83. The number of hydrogen-bond acceptors (Lipinski definition) is 3. The van der Waals surface area contributed by atoms with E-state index in [9.17, 15) is 4.79 Å². The predicted molar refractivity (Wildman–Crippen MR) is 50.2 cm³/mol. The number of aliphatic hydroxyl groups is 2. The van der Waals surface area contributed by atoms with Crippen molar-refractivity contribution in [3.05, 3.63) is 0 Å². The van der Waals surface area contributed by atoms with Gasteiger partial charge in [-0.3, -0.25) is 4.79 Å². The summed E-state index contributed by atoms with van der Waals surface area (Å²) in [5.74, 6) is -0.0225. The molecule has 0 radical (unpaired) electrons. The number of hydrogen-bond donors (Lipinski definition) is 3. The van der Waals surface area contributed by atoms with Gasteiger partial charge in [-0.15, -0.1) is 0 Å². The van der Waals surface area contributed by atoms with Crippen molar-refractivity contribution >= 4 is 5.91 Å². The molecule has 0 aliphatic rings. The first kappa shape index (κ1) is 12.4. The Morgan fingerprint density at radius 3 is 2.23 bits per heavy atom. The second-order valence-corrected chi connectivity index (χ2v) is 3.65. The van der Waals surface area contributed by atoms with Crippen LogP contribution in [0.25, 0.3) is 0 Å². The summed E-state index contributed by atoms with van der Waals surface area (Å²) < 4.78 is 0. The van der Waals surface area contributed by atoms with Crippen molar-refractivity contribution in [3.63, 3.8) is 0 Å². The average Bonchev–Trinajstić information content (AvgIpc) is 1.98. The fraction of sp³-hybridized carbons (Fsp3) is 0.889. The molecule has 0 saturated carbocycles. The highest BCUT2D eigenvalue weighted by Gasteiger charge is 2.15. The number of carbonyl (C=O) groups is 1. The highest BCUT2D eigenvalue weighted by atomic mass is 16.3. The molecule has 0 heterocycles. The average molecular weight is 189 g/mol. The van der Waals surface area contributed by atoms with E-state index >= 15 is 0 Å². The Balaban J connectivity index is 3.87. The molecular weight excluding hydrogens is 170 g/mol. The summed E-state index contributed by atoms with van der Waals surface area (Å²) in [5, 5.41) is 20.5. The third-order valence-electron chi connectivity index (χ3n) is 1.83. The monoisotopic (exact) mass is 189 g/mol. The fourth-order valence-corrected chi connectivity index (χ4v) is 0.957. The van der Waals surface area contributed by atoms with Gasteiger partial charge in [0.25, 0.3) is 0 Å². The molecule has 4 nitrogen and oxygen atoms in total. The summed E-state index contributed by atoms with van der Waals surface area (Å²) >= 11 is 0. The summed E-state index contributed by atoms with van der Waals surface area (Å²) in [7, 11) is 0. The Morgan fingerprint density at radius 1 is 1.38 bits per heavy atom. The maximum absolute atomic E-state index is 11.1. The Morgan fingerprint density at radius 2 is 1.92 bits per heavy atom. The van der Waals surface area contributed by atoms with E-state index in [4.69, 9.17) is 10.2 Å². The molecule has 2 unspecified atom stereocenters. The minimum absolute atomic E-state index is 0.0663. The van der Waals surface area contributed by atoms with Crippen LogP contribution in [0.3, 0.4) is 0 Å². The molecule has 78 valence electrons. The minimum atomic E-state index is -0.633. The number of rotatable bonds is 5. The molecule has 0 aromatic carbocycles. The van der Waals surface area contributed by atoms with E-state index in [1.54, 1.807) is 6.92 Å². The van der Waals surface area contributed by atoms with Crippen LogP contribution < -0.4 is 5.32 Å². The van der Waals surface area contributed by atoms with E-state index in [2.05, 4.69) is 5.32 Å². The molecule has 0 aliphatic carbocycles. The van der Waals surface area contributed by atoms with E-state index in [1.165, 1.54) is 0 Å². The zero-order valence-corrected chi connectivity index (χ0v) is 8.45. The van der Waals surface area contributed by atoms with Crippen LogP contribution in [-0.4, -0.2) is 34.9 Å². The van der Waals surface area contributed by atoms with Gasteiger partial charge in [-0.25, -0.2) is 0 Å². The smallest absolute Gasteiger partial charge is 0.222 e. The topological polar surface area (TPSA) is 69.6 Å². The van der Waals surface area contributed by atoms with Crippen LogP contribution >= 0.6 is 0 Å². The van der Waals surface area contributed by atoms with Gasteiger partial charge in [-0.1, -0.05) is 13.8 Å². The maximum atomic E-state index is 11.1. The zero-order valence-electron chi connectivity index (χ0n) is 8.45. The molecule has 13 heavy (non-hydrogen) atoms. The zero-order chi connectivity index (χ0) is 10.4. The molecule has 0 spiro atoms. The normalized spacial score (nSPS) is 15.5. The van der Waals surface area contributed by atoms with Gasteiger partial charge in [0.1, 0.15) is 0 Å². The van der Waals surface area contributed by atoms with Crippen LogP contribution in [0.2, 0.25) is 0 Å². The Kier molecular flexibility index (Phi) is 5.66. The standard InChI is InChI=1S/C9H19NO3/c1-6(2)8(5-11)10-9(13)4-7(3)12/h6-8,11-12H,4-5H2,1-3H3,(H,10,13). The number of nitrogens with one attached hydrogen (secondary N) is 1. The predicted octanol–water partition coefficient (Wildman–Crippen LogP) is -0.110. The van der Waals surface area contributed by atoms with Gasteiger partial charge in [0.15, 0.2) is 0 Å². The largest absolute Gasteiger partial charge is 0.394 e. The van der Waals surface area contributed by atoms with Gasteiger partial charge in [0.2, 0.25) is 5.91 Å². The van der Waals surface area contributed by atoms with Gasteiger partial charge in [0, 0.05) is 0 Å². The molecule has 0 aliphatic heterocycles. The van der Waals surface area contributed by atoms with E-state index in [1.807, 2.05) is 13.8 Å². The molecule has 3 N–H and O–H groups in total. The van der Waals surface area contributed by atoms with Crippen molar-refractivity contribution < 1.29 is 15.0 Å². The molecule has 2 atom stereocenters. The van der Waals surface area contributed by atoms with Crippen molar-refractivity contribution in [3.8, 4) is 0 Å². The van der Waals surface area contributed by atoms with Crippen molar-refractivity contribution in [2.24, 2.45) is 5.92 Å². The van der Waals surface area contributed by atoms with Crippen LogP contribution in [0, 0.1) is 5.92 Å². The molecule has 0 aromatic heterocycles. The lowest BCUT2D eigenvalue weighted by atomic mass is 10.1. The molecule has 1 amide bonds. The molecule has 0 aromatic rings. The molecule has 0 rings (SSSR count). The second kappa shape index (κ2) is 5.94. The molecular formula is C9H19NO3. The van der Waals surface area contributed by atoms with E-state index in [-0.39, 0.29) is 30.9 Å². The van der Waals surface area contributed by atoms with Crippen LogP contribution in [0.5, 0.6) is 0 Å². The van der Waals surface area contributed by atoms with E-state index < -0.39 is 6.10 Å². The lowest BCUT2D eigenvalue weighted by Crippen LogP contribution is -2.41. The van der Waals surface area contributed by atoms with Gasteiger partial charge in [-0.05, 0) is 12.8 Å². The maximum Gasteiger partial charge on any atom is 0.222 e. The number of carbonyl (C=O) groups excluding carboxylic acids is 1. The van der Waals surface area contributed by atoms with Crippen molar-refractivity contribution in [1.29, 1.82) is 0 Å². The van der Waals surface area contributed by atoms with Crippen molar-refractivity contribution in [2.45, 2.75) is 39.3 Å². The second-order valence-electron chi connectivity index (χ2n) is 3.65. The van der Waals surface area contributed by atoms with Crippen LogP contribution in [0.15, 0.2) is 0 Å². The number of amides is 1. The van der Waals surface area contributed by atoms with E-state index in [0.29, 0.717) is 0 Å². The first-order valence-corrected chi connectivity index (χ1v) is 4.55. The molecule has 4 heteroatoms. The summed E-state index contributed by atoms with van der Waals surface area (Å²) in [4.78, 5) is 11.1. The molecule has 0 bridgehead atoms. The molecule has 0 fully saturated rings. The van der Waals surface area contributed by atoms with Gasteiger partial charge in [-0.2, -0.15) is 0 Å². The quantitative estimate of drug-likeness (QED) is 0.565. The first-order chi connectivity index (χ1) is 5.97. The van der Waals surface area contributed by atoms with Crippen LogP contribution in [0.4, 0.5) is 0 Å². The Bertz CT molecular complexity index is 157. The van der Waals surface area contributed by atoms with Crippen molar-refractivity contribution in [2.75, 3.05) is 6.61 Å². The summed E-state index contributed by atoms with van der Waals surface area (Å²) in [6, 6.07) is -0.216. The lowest BCUT2D eigenvalue weighted by molar-refractivity contribution is -0.124. The van der Waals surface area contributed by atoms with E-state index in [0.717, 1.165) is 0 Å². The number of aliphatic hydroxyl groups excluding tert-OH is 2. The van der Waals surface area contributed by atoms with Gasteiger partial charge in [0.05, 0.1) is 25.2 Å².